The van der Waals surface area contributed by atoms with Crippen molar-refractivity contribution in [2.45, 2.75) is 13.8 Å². The number of carbonyl (C=O) groups is 5. The van der Waals surface area contributed by atoms with Gasteiger partial charge in [0.25, 0.3) is 5.97 Å². The van der Waals surface area contributed by atoms with Gasteiger partial charge in [0.1, 0.15) is 0 Å². The van der Waals surface area contributed by atoms with Gasteiger partial charge in [-0.3, -0.25) is 19.4 Å². The van der Waals surface area contributed by atoms with Crippen LogP contribution in [0.5, 0.6) is 0 Å². The molecule has 0 aromatic rings. The average molecular weight is 446 g/mol. The van der Waals surface area contributed by atoms with Crippen molar-refractivity contribution >= 4 is 29.8 Å². The van der Waals surface area contributed by atoms with Crippen LogP contribution in [0.15, 0.2) is 0 Å². The molecule has 0 atom stereocenters. The van der Waals surface area contributed by atoms with Gasteiger partial charge in [0.2, 0.25) is 0 Å². The number of rotatable bonds is 12. The molecule has 29 heavy (non-hydrogen) atoms. The Bertz CT molecular complexity index is 488. The van der Waals surface area contributed by atoms with Gasteiger partial charge in [-0.2, -0.15) is 0 Å². The standard InChI is InChI=1S/C12H20N2O8.C2H4O2.3Na/c1-2-22-12(21)8-14(7-11(19)20)4-3-13(5-9(15)16)6-10(17)18;1-2(3)4;;;/h2-8H2,1H3,(H,15,16)(H,17,18)(H,19,20);1H3,(H,3,4);;;/q;;3*+1/p-3. The van der Waals surface area contributed by atoms with E-state index in [1.165, 1.54) is 0 Å². The third-order valence-electron chi connectivity index (χ3n) is 2.45. The minimum Gasteiger partial charge on any atom is -0.549 e. The zero-order chi connectivity index (χ0) is 20.7. The van der Waals surface area contributed by atoms with E-state index in [1.54, 1.807) is 6.92 Å². The molecule has 0 radical (unpaired) electrons. The molecular formula is C14H21N2Na3O10. The van der Waals surface area contributed by atoms with Crippen LogP contribution in [-0.2, 0) is 28.7 Å². The van der Waals surface area contributed by atoms with Crippen LogP contribution in [0.3, 0.4) is 0 Å². The number of ether oxygens (including phenoxy) is 1. The molecule has 150 valence electrons. The molecule has 0 spiro atoms. The Morgan fingerprint density at radius 2 is 1.03 bits per heavy atom. The molecule has 0 aliphatic rings. The van der Waals surface area contributed by atoms with Crippen LogP contribution in [0.1, 0.15) is 13.8 Å². The number of aliphatic carboxylic acids is 4. The summed E-state index contributed by atoms with van der Waals surface area (Å²) in [5.74, 6) is -5.90. The summed E-state index contributed by atoms with van der Waals surface area (Å²) in [6.07, 6.45) is 0. The summed E-state index contributed by atoms with van der Waals surface area (Å²) in [5, 5.41) is 39.1. The van der Waals surface area contributed by atoms with Crippen LogP contribution in [0.2, 0.25) is 0 Å². The quantitative estimate of drug-likeness (QED) is 0.220. The maximum absolute atomic E-state index is 11.3. The van der Waals surface area contributed by atoms with Crippen LogP contribution >= 0.6 is 0 Å². The maximum Gasteiger partial charge on any atom is 1.00 e. The number of esters is 1. The Hall–Kier alpha value is 0.270. The number of nitrogens with zero attached hydrogens (tertiary/aromatic N) is 2. The summed E-state index contributed by atoms with van der Waals surface area (Å²) in [6, 6.07) is 0. The summed E-state index contributed by atoms with van der Waals surface area (Å²) in [7, 11) is 0. The first-order chi connectivity index (χ1) is 12.0. The SMILES string of the molecule is CC(=O)O.CCOC(=O)CN(CCN(CC(=O)[O-])CC(=O)[O-])CC(=O)[O-].[Na+].[Na+].[Na+]. The minimum atomic E-state index is -1.49. The van der Waals surface area contributed by atoms with Gasteiger partial charge in [0.05, 0.1) is 31.1 Å². The summed E-state index contributed by atoms with van der Waals surface area (Å²) in [4.78, 5) is 54.1. The van der Waals surface area contributed by atoms with E-state index < -0.39 is 49.5 Å². The molecule has 1 N–H and O–H groups in total. The van der Waals surface area contributed by atoms with Crippen molar-refractivity contribution in [3.8, 4) is 0 Å². The fourth-order valence-corrected chi connectivity index (χ4v) is 1.65. The van der Waals surface area contributed by atoms with Crippen LogP contribution in [0, 0.1) is 0 Å². The Morgan fingerprint density at radius 3 is 1.28 bits per heavy atom. The predicted octanol–water partition coefficient (Wildman–Crippen LogP) is -14.5. The molecular weight excluding hydrogens is 425 g/mol. The predicted molar refractivity (Wildman–Crippen MR) is 77.8 cm³/mol. The number of carbonyl (C=O) groups excluding carboxylic acids is 4. The van der Waals surface area contributed by atoms with E-state index in [0.29, 0.717) is 0 Å². The van der Waals surface area contributed by atoms with E-state index in [4.69, 9.17) is 9.90 Å². The summed E-state index contributed by atoms with van der Waals surface area (Å²) < 4.78 is 4.67. The van der Waals surface area contributed by atoms with Crippen LogP contribution in [0.25, 0.3) is 0 Å². The number of carboxylic acids is 4. The van der Waals surface area contributed by atoms with E-state index in [1.807, 2.05) is 0 Å². The van der Waals surface area contributed by atoms with Crippen molar-refractivity contribution in [1.29, 1.82) is 0 Å². The Labute approximate surface area is 234 Å². The van der Waals surface area contributed by atoms with E-state index >= 15 is 0 Å². The van der Waals surface area contributed by atoms with Crippen molar-refractivity contribution < 1.29 is 138 Å². The molecule has 15 heteroatoms. The molecule has 0 amide bonds. The largest absolute Gasteiger partial charge is 1.00 e. The van der Waals surface area contributed by atoms with E-state index in [9.17, 15) is 34.5 Å². The maximum atomic E-state index is 11.3. The van der Waals surface area contributed by atoms with Crippen molar-refractivity contribution in [2.75, 3.05) is 45.9 Å². The zero-order valence-corrected chi connectivity index (χ0v) is 23.5. The molecule has 0 saturated carbocycles. The molecule has 0 aliphatic heterocycles. The fraction of sp³-hybridized carbons (Fsp3) is 0.643. The van der Waals surface area contributed by atoms with Gasteiger partial charge in [0.15, 0.2) is 0 Å². The summed E-state index contributed by atoms with van der Waals surface area (Å²) >= 11 is 0. The smallest absolute Gasteiger partial charge is 0.549 e. The number of carboxylic acid groups (broad SMARTS) is 4. The second kappa shape index (κ2) is 24.5. The Morgan fingerprint density at radius 1 is 0.759 bits per heavy atom. The fourth-order valence-electron chi connectivity index (χ4n) is 1.65. The van der Waals surface area contributed by atoms with Gasteiger partial charge in [-0.1, -0.05) is 0 Å². The Balaban J connectivity index is -0.000000250. The first-order valence-electron chi connectivity index (χ1n) is 7.37. The first-order valence-corrected chi connectivity index (χ1v) is 7.37. The molecule has 0 bridgehead atoms. The number of hydrogen-bond acceptors (Lipinski definition) is 11. The molecule has 0 aromatic heterocycles. The monoisotopic (exact) mass is 446 g/mol. The van der Waals surface area contributed by atoms with Crippen LogP contribution in [-0.4, -0.2) is 90.6 Å². The van der Waals surface area contributed by atoms with Gasteiger partial charge in [-0.05, 0) is 6.92 Å². The Kier molecular flexibility index (Phi) is 33.6. The molecule has 0 fully saturated rings. The van der Waals surface area contributed by atoms with Crippen molar-refractivity contribution in [1.82, 2.24) is 9.80 Å². The normalized spacial score (nSPS) is 8.97. The molecule has 0 rings (SSSR count). The van der Waals surface area contributed by atoms with Gasteiger partial charge in [-0.15, -0.1) is 0 Å². The van der Waals surface area contributed by atoms with Gasteiger partial charge < -0.3 is 39.5 Å². The van der Waals surface area contributed by atoms with Crippen molar-refractivity contribution in [2.24, 2.45) is 0 Å². The second-order valence-corrected chi connectivity index (χ2v) is 4.86. The molecule has 0 aromatic carbocycles. The van der Waals surface area contributed by atoms with E-state index in [0.717, 1.165) is 16.7 Å². The van der Waals surface area contributed by atoms with E-state index in [-0.39, 0.29) is 115 Å². The second-order valence-electron chi connectivity index (χ2n) is 4.86. The average Bonchev–Trinajstić information content (AvgIpc) is 2.42. The van der Waals surface area contributed by atoms with E-state index in [2.05, 4.69) is 4.74 Å². The molecule has 0 saturated heterocycles. The molecule has 12 nitrogen and oxygen atoms in total. The summed E-state index contributed by atoms with van der Waals surface area (Å²) in [6.45, 7) is 0.360. The number of hydrogen-bond donors (Lipinski definition) is 1. The van der Waals surface area contributed by atoms with Gasteiger partial charge in [-0.25, -0.2) is 0 Å². The van der Waals surface area contributed by atoms with Crippen LogP contribution in [0.4, 0.5) is 0 Å². The third-order valence-corrected chi connectivity index (χ3v) is 2.45. The molecule has 0 heterocycles. The van der Waals surface area contributed by atoms with Crippen LogP contribution < -0.4 is 104 Å². The third kappa shape index (κ3) is 33.1. The van der Waals surface area contributed by atoms with Crippen molar-refractivity contribution in [3.63, 3.8) is 0 Å². The van der Waals surface area contributed by atoms with Crippen molar-refractivity contribution in [3.05, 3.63) is 0 Å². The van der Waals surface area contributed by atoms with Gasteiger partial charge in [0, 0.05) is 39.6 Å². The zero-order valence-electron chi connectivity index (χ0n) is 17.5. The summed E-state index contributed by atoms with van der Waals surface area (Å²) in [5.41, 5.74) is 0. The first kappa shape index (κ1) is 39.7. The van der Waals surface area contributed by atoms with Gasteiger partial charge >= 0.3 is 94.6 Å². The minimum absolute atomic E-state index is 0. The topological polar surface area (TPSA) is 190 Å². The molecule has 0 aliphatic carbocycles. The molecule has 0 unspecified atom stereocenters.